The van der Waals surface area contributed by atoms with Crippen molar-refractivity contribution >= 4 is 17.7 Å². The summed E-state index contributed by atoms with van der Waals surface area (Å²) in [5, 5.41) is 9.70. The molecule has 3 atom stereocenters. The summed E-state index contributed by atoms with van der Waals surface area (Å²) in [6.45, 7) is 8.89. The van der Waals surface area contributed by atoms with Gasteiger partial charge in [0.05, 0.1) is 5.92 Å². The third-order valence-electron chi connectivity index (χ3n) is 4.61. The van der Waals surface area contributed by atoms with Crippen molar-refractivity contribution in [3.05, 3.63) is 29.8 Å². The average molecular weight is 306 g/mol. The molecule has 2 nitrogen and oxygen atoms in total. The fraction of sp³-hybridized carbons (Fsp3) is 0.611. The topological polar surface area (TPSA) is 37.3 Å². The van der Waals surface area contributed by atoms with Gasteiger partial charge in [0.1, 0.15) is 0 Å². The first-order valence-corrected chi connectivity index (χ1v) is 8.61. The van der Waals surface area contributed by atoms with Crippen LogP contribution in [-0.4, -0.2) is 16.3 Å². The quantitative estimate of drug-likeness (QED) is 0.853. The van der Waals surface area contributed by atoms with Gasteiger partial charge in [-0.3, -0.25) is 4.79 Å². The summed E-state index contributed by atoms with van der Waals surface area (Å²) in [5.74, 6) is -0.239. The molecular weight excluding hydrogens is 280 g/mol. The van der Waals surface area contributed by atoms with Crippen LogP contribution in [0.1, 0.15) is 45.6 Å². The van der Waals surface area contributed by atoms with E-state index in [1.165, 1.54) is 10.5 Å². The Morgan fingerprint density at radius 3 is 2.57 bits per heavy atom. The predicted octanol–water partition coefficient (Wildman–Crippen LogP) is 5.00. The highest BCUT2D eigenvalue weighted by Crippen LogP contribution is 2.45. The molecule has 0 heterocycles. The van der Waals surface area contributed by atoms with Crippen LogP contribution in [0.15, 0.2) is 29.2 Å². The number of rotatable bonds is 3. The Bertz CT molecular complexity index is 504. The normalized spacial score (nSPS) is 26.6. The second-order valence-corrected chi connectivity index (χ2v) is 8.61. The van der Waals surface area contributed by atoms with Gasteiger partial charge < -0.3 is 5.11 Å². The van der Waals surface area contributed by atoms with E-state index >= 15 is 0 Å². The number of thioether (sulfide) groups is 1. The summed E-state index contributed by atoms with van der Waals surface area (Å²) in [7, 11) is 0. The van der Waals surface area contributed by atoms with Crippen LogP contribution in [0.25, 0.3) is 0 Å². The molecule has 1 saturated carbocycles. The van der Waals surface area contributed by atoms with Crippen LogP contribution in [0, 0.1) is 24.2 Å². The van der Waals surface area contributed by atoms with Gasteiger partial charge in [-0.25, -0.2) is 0 Å². The van der Waals surface area contributed by atoms with E-state index in [0.29, 0.717) is 5.92 Å². The zero-order valence-corrected chi connectivity index (χ0v) is 14.2. The molecule has 1 aliphatic rings. The maximum absolute atomic E-state index is 11.6. The van der Waals surface area contributed by atoms with Gasteiger partial charge in [-0.15, -0.1) is 11.8 Å². The van der Waals surface area contributed by atoms with E-state index < -0.39 is 5.97 Å². The molecule has 0 aromatic heterocycles. The lowest BCUT2D eigenvalue weighted by Gasteiger charge is -2.40. The first-order valence-electron chi connectivity index (χ1n) is 7.73. The maximum Gasteiger partial charge on any atom is 0.307 e. The number of benzene rings is 1. The van der Waals surface area contributed by atoms with Crippen LogP contribution in [0.3, 0.4) is 0 Å². The van der Waals surface area contributed by atoms with Gasteiger partial charge in [-0.2, -0.15) is 0 Å². The van der Waals surface area contributed by atoms with Gasteiger partial charge in [0.15, 0.2) is 0 Å². The molecule has 0 aliphatic heterocycles. The Morgan fingerprint density at radius 1 is 1.29 bits per heavy atom. The van der Waals surface area contributed by atoms with E-state index in [-0.39, 0.29) is 16.6 Å². The Labute approximate surface area is 132 Å². The molecule has 0 amide bonds. The molecule has 116 valence electrons. The Hall–Kier alpha value is -0.960. The summed E-state index contributed by atoms with van der Waals surface area (Å²) in [6, 6.07) is 8.39. The summed E-state index contributed by atoms with van der Waals surface area (Å²) < 4.78 is 0. The monoisotopic (exact) mass is 306 g/mol. The lowest BCUT2D eigenvalue weighted by Crippen LogP contribution is -2.37. The van der Waals surface area contributed by atoms with Gasteiger partial charge in [0.2, 0.25) is 0 Å². The Balaban J connectivity index is 2.16. The summed E-state index contributed by atoms with van der Waals surface area (Å²) >= 11 is 1.75. The van der Waals surface area contributed by atoms with Crippen LogP contribution in [0.2, 0.25) is 0 Å². The second kappa shape index (κ2) is 6.43. The number of aryl methyl sites for hydroxylation is 1. The molecule has 1 N–H and O–H groups in total. The number of carbonyl (C=O) groups is 1. The molecule has 0 spiro atoms. The molecule has 0 radical (unpaired) electrons. The van der Waals surface area contributed by atoms with Gasteiger partial charge in [-0.1, -0.05) is 38.5 Å². The molecule has 21 heavy (non-hydrogen) atoms. The summed E-state index contributed by atoms with van der Waals surface area (Å²) in [5.41, 5.74) is 1.49. The van der Waals surface area contributed by atoms with E-state index in [4.69, 9.17) is 0 Å². The Morgan fingerprint density at radius 2 is 2.00 bits per heavy atom. The van der Waals surface area contributed by atoms with Crippen LogP contribution in [-0.2, 0) is 4.79 Å². The zero-order valence-electron chi connectivity index (χ0n) is 13.4. The van der Waals surface area contributed by atoms with Crippen molar-refractivity contribution in [3.63, 3.8) is 0 Å². The highest BCUT2D eigenvalue weighted by Gasteiger charge is 2.39. The highest BCUT2D eigenvalue weighted by atomic mass is 32.2. The van der Waals surface area contributed by atoms with Crippen molar-refractivity contribution in [2.45, 2.75) is 57.1 Å². The van der Waals surface area contributed by atoms with Crippen LogP contribution >= 0.6 is 11.8 Å². The van der Waals surface area contributed by atoms with Crippen molar-refractivity contribution in [3.8, 4) is 0 Å². The molecule has 0 saturated heterocycles. The lowest BCUT2D eigenvalue weighted by molar-refractivity contribution is -0.143. The summed E-state index contributed by atoms with van der Waals surface area (Å²) in [6.07, 6.45) is 2.84. The first-order chi connectivity index (χ1) is 9.77. The van der Waals surface area contributed by atoms with Crippen molar-refractivity contribution in [2.24, 2.45) is 17.3 Å². The largest absolute Gasteiger partial charge is 0.481 e. The van der Waals surface area contributed by atoms with Gasteiger partial charge >= 0.3 is 5.97 Å². The van der Waals surface area contributed by atoms with Gasteiger partial charge in [0, 0.05) is 10.1 Å². The van der Waals surface area contributed by atoms with Crippen molar-refractivity contribution in [2.75, 3.05) is 0 Å². The molecule has 1 aliphatic carbocycles. The van der Waals surface area contributed by atoms with E-state index in [0.717, 1.165) is 19.3 Å². The van der Waals surface area contributed by atoms with E-state index in [2.05, 4.69) is 52.0 Å². The lowest BCUT2D eigenvalue weighted by atomic mass is 9.69. The van der Waals surface area contributed by atoms with Crippen LogP contribution < -0.4 is 0 Å². The van der Waals surface area contributed by atoms with Crippen molar-refractivity contribution < 1.29 is 9.90 Å². The number of hydrogen-bond acceptors (Lipinski definition) is 2. The Kier molecular flexibility index (Phi) is 5.03. The number of carboxylic acid groups (broad SMARTS) is 1. The predicted molar refractivity (Wildman–Crippen MR) is 88.7 cm³/mol. The number of hydrogen-bond donors (Lipinski definition) is 1. The third-order valence-corrected chi connectivity index (χ3v) is 5.96. The number of aliphatic carboxylic acids is 1. The highest BCUT2D eigenvalue weighted by molar-refractivity contribution is 8.00. The van der Waals surface area contributed by atoms with Crippen LogP contribution in [0.4, 0.5) is 0 Å². The standard InChI is InChI=1S/C18H26O2S/c1-12-6-5-7-14(10-12)21-16-11-13(18(2,3)4)8-9-15(16)17(19)20/h5-7,10,13,15-16H,8-9,11H2,1-4H3,(H,19,20). The number of carboxylic acids is 1. The molecule has 1 aromatic rings. The molecular formula is C18H26O2S. The average Bonchev–Trinajstić information content (AvgIpc) is 2.37. The molecule has 1 fully saturated rings. The minimum absolute atomic E-state index is 0.183. The minimum Gasteiger partial charge on any atom is -0.481 e. The van der Waals surface area contributed by atoms with Crippen LogP contribution in [0.5, 0.6) is 0 Å². The fourth-order valence-corrected chi connectivity index (χ4v) is 4.70. The molecule has 0 bridgehead atoms. The van der Waals surface area contributed by atoms with E-state index in [1.807, 2.05) is 0 Å². The fourth-order valence-electron chi connectivity index (χ4n) is 3.19. The van der Waals surface area contributed by atoms with Crippen molar-refractivity contribution in [1.82, 2.24) is 0 Å². The van der Waals surface area contributed by atoms with E-state index in [9.17, 15) is 9.90 Å². The molecule has 3 unspecified atom stereocenters. The van der Waals surface area contributed by atoms with E-state index in [1.54, 1.807) is 11.8 Å². The minimum atomic E-state index is -0.632. The van der Waals surface area contributed by atoms with Crippen molar-refractivity contribution in [1.29, 1.82) is 0 Å². The SMILES string of the molecule is Cc1cccc(SC2CC(C(C)(C)C)CCC2C(=O)O)c1. The molecule has 3 heteroatoms. The summed E-state index contributed by atoms with van der Waals surface area (Å²) in [4.78, 5) is 12.8. The van der Waals surface area contributed by atoms with Gasteiger partial charge in [-0.05, 0) is 49.7 Å². The molecule has 1 aromatic carbocycles. The van der Waals surface area contributed by atoms with Gasteiger partial charge in [0.25, 0.3) is 0 Å². The second-order valence-electron chi connectivity index (χ2n) is 7.29. The first kappa shape index (κ1) is 16.4. The smallest absolute Gasteiger partial charge is 0.307 e. The molecule has 2 rings (SSSR count). The third kappa shape index (κ3) is 4.26. The zero-order chi connectivity index (χ0) is 15.6. The maximum atomic E-state index is 11.6.